The maximum absolute atomic E-state index is 11.7. The normalized spacial score (nSPS) is 12.6. The molecule has 1 aliphatic heterocycles. The number of thioether (sulfide) groups is 1. The van der Waals surface area contributed by atoms with E-state index in [4.69, 9.17) is 19.8 Å². The number of carbonyl (C=O) groups excluding carboxylic acids is 3. The van der Waals surface area contributed by atoms with Gasteiger partial charge in [-0.3, -0.25) is 4.79 Å². The molecular formula is C30H34F6N4O5S. The molecule has 252 valence electrons. The summed E-state index contributed by atoms with van der Waals surface area (Å²) in [6, 6.07) is 19.4. The Labute approximate surface area is 265 Å². The zero-order valence-corrected chi connectivity index (χ0v) is 25.6. The highest BCUT2D eigenvalue weighted by molar-refractivity contribution is 8.03. The highest BCUT2D eigenvalue weighted by Gasteiger charge is 2.28. The molecule has 1 aromatic heterocycles. The van der Waals surface area contributed by atoms with Crippen molar-refractivity contribution in [1.29, 1.82) is 0 Å². The van der Waals surface area contributed by atoms with Gasteiger partial charge >= 0.3 is 12.9 Å². The number of quaternary nitrogens is 1. The van der Waals surface area contributed by atoms with Crippen LogP contribution >= 0.6 is 11.8 Å². The molecule has 4 N–H and O–H groups in total. The van der Waals surface area contributed by atoms with E-state index in [0.717, 1.165) is 32.4 Å². The Hall–Kier alpha value is -4.31. The van der Waals surface area contributed by atoms with E-state index in [0.29, 0.717) is 13.0 Å². The van der Waals surface area contributed by atoms with Gasteiger partial charge in [-0.25, -0.2) is 0 Å². The van der Waals surface area contributed by atoms with Crippen LogP contribution in [0.3, 0.4) is 0 Å². The van der Waals surface area contributed by atoms with Crippen molar-refractivity contribution in [3.63, 3.8) is 0 Å². The number of carboxylic acid groups (broad SMARTS) is 2. The van der Waals surface area contributed by atoms with Gasteiger partial charge in [0.05, 0.1) is 29.2 Å². The van der Waals surface area contributed by atoms with Crippen LogP contribution in [0.2, 0.25) is 0 Å². The minimum atomic E-state index is -5.19. The van der Waals surface area contributed by atoms with Crippen LogP contribution in [0.15, 0.2) is 70.7 Å². The second kappa shape index (κ2) is 20.7. The smallest absolute Gasteiger partial charge is 0.430 e. The van der Waals surface area contributed by atoms with Gasteiger partial charge in [0, 0.05) is 43.4 Å². The van der Waals surface area contributed by atoms with E-state index in [2.05, 4.69) is 94.4 Å². The van der Waals surface area contributed by atoms with Crippen LogP contribution < -0.4 is 30.7 Å². The number of nitrogens with zero attached hydrogens (tertiary/aromatic N) is 2. The number of hydrogen-bond acceptors (Lipinski definition) is 7. The molecule has 1 aliphatic rings. The molecule has 3 aromatic rings. The van der Waals surface area contributed by atoms with Crippen LogP contribution in [0.1, 0.15) is 31.2 Å². The van der Waals surface area contributed by atoms with E-state index in [1.54, 1.807) is 0 Å². The predicted molar refractivity (Wildman–Crippen MR) is 156 cm³/mol. The summed E-state index contributed by atoms with van der Waals surface area (Å²) in [5, 5.41) is 22.4. The lowest BCUT2D eigenvalue weighted by Gasteiger charge is -2.13. The maximum Gasteiger partial charge on any atom is 0.430 e. The number of carboxylic acids is 1. The Morgan fingerprint density at radius 1 is 1.04 bits per heavy atom. The Bertz CT molecular complexity index is 1440. The molecule has 16 heteroatoms. The summed E-state index contributed by atoms with van der Waals surface area (Å²) >= 11 is 1.82. The lowest BCUT2D eigenvalue weighted by atomic mass is 10.1. The molecule has 0 saturated heterocycles. The van der Waals surface area contributed by atoms with Gasteiger partial charge in [0.15, 0.2) is 6.20 Å². The number of unbranched alkanes of at least 4 members (excludes halogenated alkanes) is 2. The van der Waals surface area contributed by atoms with Crippen LogP contribution in [0.25, 0.3) is 17.0 Å². The van der Waals surface area contributed by atoms with Crippen molar-refractivity contribution < 1.29 is 61.2 Å². The van der Waals surface area contributed by atoms with Crippen LogP contribution in [0.4, 0.5) is 32.0 Å². The molecule has 46 heavy (non-hydrogen) atoms. The van der Waals surface area contributed by atoms with Crippen LogP contribution in [-0.2, 0) is 20.9 Å². The lowest BCUT2D eigenvalue weighted by molar-refractivity contribution is -0.671. The summed E-state index contributed by atoms with van der Waals surface area (Å²) in [7, 11) is 2.13. The fourth-order valence-corrected chi connectivity index (χ4v) is 5.17. The molecule has 0 atom stereocenters. The van der Waals surface area contributed by atoms with E-state index < -0.39 is 25.3 Å². The number of nitrogens with one attached hydrogen (secondary N) is 1. The Balaban J connectivity index is 0.000000638. The van der Waals surface area contributed by atoms with E-state index in [1.807, 2.05) is 11.8 Å². The lowest BCUT2D eigenvalue weighted by Crippen LogP contribution is -2.54. The summed E-state index contributed by atoms with van der Waals surface area (Å²) in [6.45, 7) is -1.80. The molecule has 4 rings (SSSR count). The van der Waals surface area contributed by atoms with Gasteiger partial charge in [-0.15, -0.1) is 0 Å². The van der Waals surface area contributed by atoms with E-state index in [-0.39, 0.29) is 5.91 Å². The van der Waals surface area contributed by atoms with Gasteiger partial charge in [-0.1, -0.05) is 36.0 Å². The minimum absolute atomic E-state index is 0.140. The third-order valence-electron chi connectivity index (χ3n) is 6.04. The van der Waals surface area contributed by atoms with Crippen LogP contribution in [-0.4, -0.2) is 51.3 Å². The van der Waals surface area contributed by atoms with Crippen LogP contribution in [0, 0.1) is 0 Å². The summed E-state index contributed by atoms with van der Waals surface area (Å²) < 4.78 is 62.9. The second-order valence-corrected chi connectivity index (χ2v) is 10.3. The first-order valence-corrected chi connectivity index (χ1v) is 14.5. The largest absolute Gasteiger partial charge is 0.554 e. The number of para-hydroxylation sites is 2. The molecule has 9 nitrogen and oxygen atoms in total. The van der Waals surface area contributed by atoms with Crippen molar-refractivity contribution in [2.45, 2.75) is 50.0 Å². The quantitative estimate of drug-likeness (QED) is 0.153. The maximum atomic E-state index is 11.7. The molecule has 2 aromatic carbocycles. The molecule has 1 amide bonds. The number of rotatable bonds is 9. The minimum Gasteiger partial charge on any atom is -0.554 e. The standard InChI is InChI=1S/C26H30N4OS.C2HF3O2.CHF3.CH2O2/c1-29-23-11-6-7-12-24(23)32-26(29)19-20-14-18-30(22-10-5-4-9-21(20)22)17-8-2-3-13-25(31)28-16-15-27;3-2(4,5)1(6)7;2-1(3)4;2-1-3/h4-7,9-12,14,18-19H,2-3,8,13,15-17,27H2,1H3;(H,6,7);1H;1H,(H,2,3). The van der Waals surface area contributed by atoms with Crippen molar-refractivity contribution >= 4 is 52.8 Å². The SMILES string of the molecule is CN1C(=Cc2cc[n+](CCCCCC(=O)NCC[NH3+])c3ccccc23)Sc2ccccc21.FC(F)F.O=C([O-])C(F)(F)F.O=C[O-]. The number of carbonyl (C=O) groups is 3. The number of benzene rings is 2. The zero-order chi connectivity index (χ0) is 34.7. The van der Waals surface area contributed by atoms with Gasteiger partial charge in [-0.2, -0.15) is 30.9 Å². The van der Waals surface area contributed by atoms with E-state index in [1.165, 1.54) is 32.1 Å². The first-order valence-electron chi connectivity index (χ1n) is 13.7. The molecule has 0 aliphatic carbocycles. The molecule has 0 bridgehead atoms. The number of alkyl halides is 6. The zero-order valence-electron chi connectivity index (χ0n) is 24.8. The predicted octanol–water partition coefficient (Wildman–Crippen LogP) is 2.43. The van der Waals surface area contributed by atoms with E-state index in [9.17, 15) is 31.1 Å². The monoisotopic (exact) mass is 676 g/mol. The van der Waals surface area contributed by atoms with Gasteiger partial charge in [0.2, 0.25) is 11.4 Å². The van der Waals surface area contributed by atoms with Crippen LogP contribution in [0.5, 0.6) is 0 Å². The molecule has 0 fully saturated rings. The number of hydrogen-bond donors (Lipinski definition) is 2. The van der Waals surface area contributed by atoms with Crippen molar-refractivity contribution in [2.75, 3.05) is 25.0 Å². The summed E-state index contributed by atoms with van der Waals surface area (Å²) in [5.74, 6) is -2.87. The Morgan fingerprint density at radius 3 is 2.22 bits per heavy atom. The first-order chi connectivity index (χ1) is 21.8. The van der Waals surface area contributed by atoms with Gasteiger partial charge in [0.25, 0.3) is 0 Å². The average molecular weight is 677 g/mol. The number of halogens is 6. The average Bonchev–Trinajstić information content (AvgIpc) is 3.31. The second-order valence-electron chi connectivity index (χ2n) is 9.24. The molecule has 0 spiro atoms. The fraction of sp³-hybridized carbons (Fsp3) is 0.333. The summed E-state index contributed by atoms with van der Waals surface area (Å²) in [6.07, 6.45) is 2.93. The number of anilines is 1. The number of fused-ring (bicyclic) bond motifs is 2. The Kier molecular flexibility index (Phi) is 17.8. The van der Waals surface area contributed by atoms with Gasteiger partial charge in [-0.05, 0) is 42.7 Å². The number of amides is 1. The number of aliphatic carboxylic acids is 1. The molecule has 2 heterocycles. The third-order valence-corrected chi connectivity index (χ3v) is 7.21. The summed E-state index contributed by atoms with van der Waals surface area (Å²) in [5.41, 5.74) is 7.50. The topological polar surface area (TPSA) is 144 Å². The fourth-order valence-electron chi connectivity index (χ4n) is 4.07. The number of aromatic nitrogens is 1. The highest BCUT2D eigenvalue weighted by Crippen LogP contribution is 2.45. The highest BCUT2D eigenvalue weighted by atomic mass is 32.2. The van der Waals surface area contributed by atoms with E-state index >= 15 is 0 Å². The van der Waals surface area contributed by atoms with Gasteiger partial charge in [0.1, 0.15) is 12.5 Å². The van der Waals surface area contributed by atoms with Crippen molar-refractivity contribution in [1.82, 2.24) is 5.32 Å². The van der Waals surface area contributed by atoms with Crippen molar-refractivity contribution in [3.8, 4) is 0 Å². The number of aryl methyl sites for hydroxylation is 1. The van der Waals surface area contributed by atoms with Crippen molar-refractivity contribution in [3.05, 3.63) is 71.4 Å². The third kappa shape index (κ3) is 14.2. The molecule has 0 radical (unpaired) electrons. The Morgan fingerprint density at radius 2 is 1.63 bits per heavy atom. The first kappa shape index (κ1) is 39.7. The molecule has 0 unspecified atom stereocenters. The van der Waals surface area contributed by atoms with Gasteiger partial charge < -0.3 is 35.8 Å². The molecular weight excluding hydrogens is 642 g/mol. The molecule has 0 saturated carbocycles. The van der Waals surface area contributed by atoms with Crippen molar-refractivity contribution in [2.24, 2.45) is 0 Å². The number of pyridine rings is 1. The summed E-state index contributed by atoms with van der Waals surface area (Å²) in [4.78, 5) is 32.3.